The lowest BCUT2D eigenvalue weighted by Gasteiger charge is -2.15. The maximum absolute atomic E-state index is 14.6. The Hall–Kier alpha value is -2.79. The van der Waals surface area contributed by atoms with Crippen LogP contribution in [-0.2, 0) is 0 Å². The van der Waals surface area contributed by atoms with E-state index in [-0.39, 0.29) is 0 Å². The van der Waals surface area contributed by atoms with Crippen LogP contribution in [0.1, 0.15) is 5.69 Å². The van der Waals surface area contributed by atoms with Crippen molar-refractivity contribution in [3.05, 3.63) is 71.4 Å². The molecule has 2 aromatic carbocycles. The van der Waals surface area contributed by atoms with E-state index >= 15 is 0 Å². The Kier molecular flexibility index (Phi) is 3.50. The van der Waals surface area contributed by atoms with Crippen LogP contribution in [0.3, 0.4) is 0 Å². The molecule has 118 valence electrons. The molecule has 0 amide bonds. The van der Waals surface area contributed by atoms with E-state index < -0.39 is 5.82 Å². The maximum Gasteiger partial charge on any atom is 0.252 e. The van der Waals surface area contributed by atoms with Crippen LogP contribution in [0.4, 0.5) is 4.39 Å². The number of rotatable bonds is 2. The predicted octanol–water partition coefficient (Wildman–Crippen LogP) is 4.56. The molecule has 4 aromatic rings. The molecule has 2 aromatic heterocycles. The van der Waals surface area contributed by atoms with Gasteiger partial charge in [-0.1, -0.05) is 48.0 Å². The van der Waals surface area contributed by atoms with Crippen molar-refractivity contribution in [2.75, 3.05) is 0 Å². The van der Waals surface area contributed by atoms with E-state index in [1.165, 1.54) is 12.4 Å². The van der Waals surface area contributed by atoms with Crippen molar-refractivity contribution in [1.29, 1.82) is 0 Å². The zero-order valence-electron chi connectivity index (χ0n) is 12.7. The molecule has 0 aliphatic heterocycles. The van der Waals surface area contributed by atoms with Crippen molar-refractivity contribution in [3.8, 4) is 22.4 Å². The fourth-order valence-electron chi connectivity index (χ4n) is 2.85. The van der Waals surface area contributed by atoms with Crippen LogP contribution in [0.5, 0.6) is 0 Å². The largest absolute Gasteiger partial charge is 0.252 e. The van der Waals surface area contributed by atoms with E-state index in [1.807, 2.05) is 37.3 Å². The first-order valence-electron chi connectivity index (χ1n) is 7.37. The van der Waals surface area contributed by atoms with Crippen LogP contribution < -0.4 is 0 Å². The van der Waals surface area contributed by atoms with Crippen LogP contribution in [0.25, 0.3) is 28.2 Å². The lowest BCUT2D eigenvalue weighted by molar-refractivity contribution is 0.631. The van der Waals surface area contributed by atoms with E-state index in [1.54, 1.807) is 16.6 Å². The molecule has 4 nitrogen and oxygen atoms in total. The van der Waals surface area contributed by atoms with Crippen LogP contribution in [0, 0.1) is 12.7 Å². The van der Waals surface area contributed by atoms with E-state index in [2.05, 4.69) is 15.1 Å². The molecule has 0 saturated heterocycles. The molecular formula is C18H12ClFN4. The van der Waals surface area contributed by atoms with Crippen molar-refractivity contribution in [1.82, 2.24) is 19.6 Å². The second-order valence-corrected chi connectivity index (χ2v) is 5.76. The Labute approximate surface area is 142 Å². The summed E-state index contributed by atoms with van der Waals surface area (Å²) in [7, 11) is 0. The van der Waals surface area contributed by atoms with Gasteiger partial charge in [-0.2, -0.15) is 14.6 Å². The Bertz CT molecular complexity index is 1020. The van der Waals surface area contributed by atoms with Crippen molar-refractivity contribution in [3.63, 3.8) is 0 Å². The van der Waals surface area contributed by atoms with Gasteiger partial charge >= 0.3 is 0 Å². The molecule has 24 heavy (non-hydrogen) atoms. The molecule has 0 spiro atoms. The van der Waals surface area contributed by atoms with E-state index in [4.69, 9.17) is 11.6 Å². The number of hydrogen-bond donors (Lipinski definition) is 0. The first-order chi connectivity index (χ1) is 11.7. The number of aromatic nitrogens is 4. The number of nitrogens with zero attached hydrogens (tertiary/aromatic N) is 4. The predicted molar refractivity (Wildman–Crippen MR) is 91.4 cm³/mol. The smallest absolute Gasteiger partial charge is 0.216 e. The van der Waals surface area contributed by atoms with Crippen molar-refractivity contribution >= 4 is 17.4 Å². The van der Waals surface area contributed by atoms with Gasteiger partial charge in [0.2, 0.25) is 0 Å². The normalized spacial score (nSPS) is 11.1. The number of aryl methyl sites for hydroxylation is 1. The third-order valence-electron chi connectivity index (χ3n) is 3.87. The highest BCUT2D eigenvalue weighted by molar-refractivity contribution is 6.33. The second kappa shape index (κ2) is 5.69. The van der Waals surface area contributed by atoms with E-state index in [9.17, 15) is 4.39 Å². The summed E-state index contributed by atoms with van der Waals surface area (Å²) >= 11 is 6.31. The topological polar surface area (TPSA) is 43.1 Å². The Morgan fingerprint density at radius 2 is 1.79 bits per heavy atom. The molecule has 0 aliphatic rings. The van der Waals surface area contributed by atoms with Gasteiger partial charge in [-0.25, -0.2) is 9.37 Å². The summed E-state index contributed by atoms with van der Waals surface area (Å²) in [6.45, 7) is 1.82. The number of halogens is 2. The lowest BCUT2D eigenvalue weighted by Crippen LogP contribution is -2.04. The zero-order chi connectivity index (χ0) is 16.7. The third-order valence-corrected chi connectivity index (χ3v) is 4.18. The Balaban J connectivity index is 2.18. The molecule has 0 bridgehead atoms. The molecule has 0 radical (unpaired) electrons. The van der Waals surface area contributed by atoms with Gasteiger partial charge in [-0.3, -0.25) is 0 Å². The van der Waals surface area contributed by atoms with Crippen molar-refractivity contribution in [2.24, 2.45) is 0 Å². The van der Waals surface area contributed by atoms with E-state index in [0.29, 0.717) is 33.3 Å². The molecule has 0 saturated carbocycles. The first-order valence-corrected chi connectivity index (χ1v) is 7.75. The quantitative estimate of drug-likeness (QED) is 0.538. The molecule has 2 heterocycles. The van der Waals surface area contributed by atoms with Crippen molar-refractivity contribution in [2.45, 2.75) is 6.92 Å². The summed E-state index contributed by atoms with van der Waals surface area (Å²) in [6, 6.07) is 14.3. The number of benzene rings is 2. The molecular weight excluding hydrogens is 327 g/mol. The van der Waals surface area contributed by atoms with Gasteiger partial charge < -0.3 is 0 Å². The summed E-state index contributed by atoms with van der Waals surface area (Å²) in [4.78, 5) is 8.60. The highest BCUT2D eigenvalue weighted by Crippen LogP contribution is 2.39. The number of hydrogen-bond acceptors (Lipinski definition) is 3. The Morgan fingerprint density at radius 1 is 1.00 bits per heavy atom. The van der Waals surface area contributed by atoms with Gasteiger partial charge in [-0.15, -0.1) is 0 Å². The van der Waals surface area contributed by atoms with Crippen LogP contribution in [0.15, 0.2) is 54.9 Å². The highest BCUT2D eigenvalue weighted by atomic mass is 35.5. The fraction of sp³-hybridized carbons (Fsp3) is 0.0556. The first kappa shape index (κ1) is 14.8. The molecule has 0 fully saturated rings. The average Bonchev–Trinajstić information content (AvgIpc) is 3.03. The van der Waals surface area contributed by atoms with Gasteiger partial charge in [0, 0.05) is 16.7 Å². The minimum Gasteiger partial charge on any atom is -0.216 e. The van der Waals surface area contributed by atoms with Crippen LogP contribution in [-0.4, -0.2) is 19.6 Å². The summed E-state index contributed by atoms with van der Waals surface area (Å²) in [5.74, 6) is 0.0617. The third kappa shape index (κ3) is 2.25. The summed E-state index contributed by atoms with van der Waals surface area (Å²) in [6.07, 6.45) is 1.43. The summed E-state index contributed by atoms with van der Waals surface area (Å²) in [5.41, 5.74) is 3.17. The molecule has 0 aliphatic carbocycles. The average molecular weight is 339 g/mol. The maximum atomic E-state index is 14.6. The minimum absolute atomic E-state index is 0.320. The molecule has 0 atom stereocenters. The number of fused-ring (bicyclic) bond motifs is 1. The molecule has 6 heteroatoms. The molecule has 0 unspecified atom stereocenters. The van der Waals surface area contributed by atoms with Gasteiger partial charge in [0.05, 0.1) is 16.4 Å². The zero-order valence-corrected chi connectivity index (χ0v) is 13.5. The summed E-state index contributed by atoms with van der Waals surface area (Å²) in [5, 5.41) is 4.59. The highest BCUT2D eigenvalue weighted by Gasteiger charge is 2.21. The minimum atomic E-state index is -0.399. The standard InChI is InChI=1S/C18H12ClFN4/c1-11-15(16-13(19)8-5-9-14(16)20)17(12-6-3-2-4-7-12)24-18(23-11)21-10-22-24/h2-10H,1H3. The SMILES string of the molecule is Cc1nc2ncnn2c(-c2ccccc2)c1-c1c(F)cccc1Cl. The molecule has 0 N–H and O–H groups in total. The summed E-state index contributed by atoms with van der Waals surface area (Å²) < 4.78 is 16.2. The van der Waals surface area contributed by atoms with Gasteiger partial charge in [-0.05, 0) is 19.1 Å². The van der Waals surface area contributed by atoms with Crippen LogP contribution in [0.2, 0.25) is 5.02 Å². The van der Waals surface area contributed by atoms with Crippen molar-refractivity contribution < 1.29 is 4.39 Å². The second-order valence-electron chi connectivity index (χ2n) is 5.36. The fourth-order valence-corrected chi connectivity index (χ4v) is 3.11. The van der Waals surface area contributed by atoms with Crippen LogP contribution >= 0.6 is 11.6 Å². The molecule has 4 rings (SSSR count). The lowest BCUT2D eigenvalue weighted by atomic mass is 9.97. The van der Waals surface area contributed by atoms with Gasteiger partial charge in [0.1, 0.15) is 12.1 Å². The van der Waals surface area contributed by atoms with E-state index in [0.717, 1.165) is 5.56 Å². The monoisotopic (exact) mass is 338 g/mol. The van der Waals surface area contributed by atoms with Gasteiger partial charge in [0.15, 0.2) is 0 Å². The van der Waals surface area contributed by atoms with Gasteiger partial charge in [0.25, 0.3) is 5.78 Å². The Morgan fingerprint density at radius 3 is 2.54 bits per heavy atom.